The third kappa shape index (κ3) is 5.29. The number of aromatic nitrogens is 2. The van der Waals surface area contributed by atoms with Gasteiger partial charge in [-0.15, -0.1) is 11.3 Å². The highest BCUT2D eigenvalue weighted by Crippen LogP contribution is 2.41. The number of aryl methyl sites for hydroxylation is 2. The molecule has 1 aromatic carbocycles. The van der Waals surface area contributed by atoms with Crippen molar-refractivity contribution in [1.29, 1.82) is 0 Å². The normalized spacial score (nSPS) is 19.5. The van der Waals surface area contributed by atoms with Crippen molar-refractivity contribution in [2.24, 2.45) is 5.92 Å². The number of piperazine rings is 1. The summed E-state index contributed by atoms with van der Waals surface area (Å²) < 4.78 is 27.5. The number of hydrogen-bond donors (Lipinski definition) is 0. The third-order valence-electron chi connectivity index (χ3n) is 7.07. The Morgan fingerprint density at radius 2 is 1.89 bits per heavy atom. The lowest BCUT2D eigenvalue weighted by Crippen LogP contribution is -2.48. The van der Waals surface area contributed by atoms with E-state index in [0.717, 1.165) is 54.1 Å². The lowest BCUT2D eigenvalue weighted by molar-refractivity contribution is 0.389. The van der Waals surface area contributed by atoms with Crippen LogP contribution in [0, 0.1) is 5.92 Å². The van der Waals surface area contributed by atoms with Gasteiger partial charge in [-0.3, -0.25) is 0 Å². The van der Waals surface area contributed by atoms with Gasteiger partial charge in [0.05, 0.1) is 5.39 Å². The highest BCUT2D eigenvalue weighted by Gasteiger charge is 2.30. The van der Waals surface area contributed by atoms with Crippen LogP contribution in [0.2, 0.25) is 0 Å². The summed E-state index contributed by atoms with van der Waals surface area (Å²) in [6.45, 7) is 6.72. The molecule has 1 saturated heterocycles. The van der Waals surface area contributed by atoms with Gasteiger partial charge in [0.25, 0.3) is 0 Å². The summed E-state index contributed by atoms with van der Waals surface area (Å²) in [4.78, 5) is 14.9. The Bertz CT molecular complexity index is 1310. The maximum atomic E-state index is 13.0. The molecule has 6 nitrogen and oxygen atoms in total. The van der Waals surface area contributed by atoms with Gasteiger partial charge in [-0.2, -0.15) is 4.31 Å². The Balaban J connectivity index is 1.39. The third-order valence-corrected chi connectivity index (χ3v) is 9.78. The van der Waals surface area contributed by atoms with E-state index in [-0.39, 0.29) is 0 Å². The Morgan fingerprint density at radius 1 is 1.11 bits per heavy atom. The molecule has 0 bridgehead atoms. The molecule has 0 N–H and O–H groups in total. The number of unbranched alkanes of at least 4 members (excludes halogenated alkanes) is 1. The molecule has 2 aromatic heterocycles. The van der Waals surface area contributed by atoms with Crippen LogP contribution in [0.4, 0.5) is 5.82 Å². The van der Waals surface area contributed by atoms with Gasteiger partial charge in [0, 0.05) is 42.9 Å². The Hall–Kier alpha value is -2.29. The number of benzene rings is 1. The van der Waals surface area contributed by atoms with Crippen LogP contribution in [0.25, 0.3) is 16.3 Å². The quantitative estimate of drug-likeness (QED) is 0.433. The minimum atomic E-state index is -3.46. The summed E-state index contributed by atoms with van der Waals surface area (Å²) in [5, 5.41) is 2.55. The summed E-state index contributed by atoms with van der Waals surface area (Å²) in [6, 6.07) is 9.55. The van der Waals surface area contributed by atoms with Crippen molar-refractivity contribution < 1.29 is 8.42 Å². The van der Waals surface area contributed by atoms with Crippen LogP contribution in [0.15, 0.2) is 35.7 Å². The molecule has 0 saturated carbocycles. The molecule has 3 aromatic rings. The van der Waals surface area contributed by atoms with E-state index < -0.39 is 10.0 Å². The summed E-state index contributed by atoms with van der Waals surface area (Å²) in [7, 11) is -3.46. The van der Waals surface area contributed by atoms with Gasteiger partial charge in [-0.05, 0) is 48.8 Å². The summed E-state index contributed by atoms with van der Waals surface area (Å²) in [5.74, 6) is 2.65. The predicted octanol–water partition coefficient (Wildman–Crippen LogP) is 5.28. The molecular formula is C27H34N4O2S2. The minimum absolute atomic E-state index is 0.459. The van der Waals surface area contributed by atoms with Crippen molar-refractivity contribution in [3.63, 3.8) is 0 Å². The lowest BCUT2D eigenvalue weighted by atomic mass is 9.89. The summed E-state index contributed by atoms with van der Waals surface area (Å²) in [6.07, 6.45) is 8.16. The van der Waals surface area contributed by atoms with E-state index in [1.807, 2.05) is 41.7 Å². The molecular weight excluding hydrogens is 476 g/mol. The SMILES string of the molecule is CCCCc1nc(N2CCN(S(=O)(=O)/C=C/c3ccccc3)CC2)c2c3c(sc2n1)CC(C)CC3. The van der Waals surface area contributed by atoms with Crippen molar-refractivity contribution in [2.75, 3.05) is 31.1 Å². The standard InChI is InChI=1S/C27H34N4O2S2/c1-3-4-10-24-28-26(25-22-12-11-20(2)19-23(22)34-27(25)29-24)30-14-16-31(17-15-30)35(32,33)18-13-21-8-6-5-7-9-21/h5-9,13,18,20H,3-4,10-12,14-17,19H2,1-2H3/b18-13+. The van der Waals surface area contributed by atoms with Crippen LogP contribution in [0.3, 0.4) is 0 Å². The van der Waals surface area contributed by atoms with E-state index in [2.05, 4.69) is 18.7 Å². The Labute approximate surface area is 212 Å². The zero-order chi connectivity index (χ0) is 24.4. The van der Waals surface area contributed by atoms with Crippen molar-refractivity contribution in [2.45, 2.75) is 52.4 Å². The van der Waals surface area contributed by atoms with Crippen LogP contribution in [-0.4, -0.2) is 48.9 Å². The first kappa shape index (κ1) is 24.4. The van der Waals surface area contributed by atoms with E-state index in [0.29, 0.717) is 32.1 Å². The topological polar surface area (TPSA) is 66.4 Å². The van der Waals surface area contributed by atoms with Crippen molar-refractivity contribution in [3.8, 4) is 0 Å². The fourth-order valence-electron chi connectivity index (χ4n) is 5.01. The van der Waals surface area contributed by atoms with Crippen LogP contribution >= 0.6 is 11.3 Å². The number of fused-ring (bicyclic) bond motifs is 3. The predicted molar refractivity (Wildman–Crippen MR) is 145 cm³/mol. The number of nitrogens with zero attached hydrogens (tertiary/aromatic N) is 4. The first-order valence-electron chi connectivity index (χ1n) is 12.7. The number of anilines is 1. The molecule has 1 aliphatic carbocycles. The van der Waals surface area contributed by atoms with Crippen molar-refractivity contribution in [1.82, 2.24) is 14.3 Å². The van der Waals surface area contributed by atoms with Crippen LogP contribution in [-0.2, 0) is 29.3 Å². The molecule has 1 unspecified atom stereocenters. The van der Waals surface area contributed by atoms with Crippen molar-refractivity contribution in [3.05, 3.63) is 57.6 Å². The molecule has 186 valence electrons. The molecule has 1 fully saturated rings. The fraction of sp³-hybridized carbons (Fsp3) is 0.481. The van der Waals surface area contributed by atoms with Crippen molar-refractivity contribution >= 4 is 43.5 Å². The second-order valence-corrected chi connectivity index (χ2v) is 12.6. The zero-order valence-electron chi connectivity index (χ0n) is 20.6. The van der Waals surface area contributed by atoms with Gasteiger partial charge in [0.1, 0.15) is 16.5 Å². The Kier molecular flexibility index (Phi) is 7.23. The second-order valence-electron chi connectivity index (χ2n) is 9.74. The first-order chi connectivity index (χ1) is 16.9. The molecule has 1 atom stereocenters. The summed E-state index contributed by atoms with van der Waals surface area (Å²) in [5.41, 5.74) is 2.32. The Morgan fingerprint density at radius 3 is 2.63 bits per heavy atom. The largest absolute Gasteiger partial charge is 0.353 e. The lowest BCUT2D eigenvalue weighted by Gasteiger charge is -2.34. The average Bonchev–Trinajstić information content (AvgIpc) is 3.24. The summed E-state index contributed by atoms with van der Waals surface area (Å²) >= 11 is 1.85. The van der Waals surface area contributed by atoms with Gasteiger partial charge in [-0.25, -0.2) is 18.4 Å². The molecule has 2 aliphatic rings. The molecule has 8 heteroatoms. The van der Waals surface area contributed by atoms with Crippen LogP contribution in [0.1, 0.15) is 54.9 Å². The average molecular weight is 511 g/mol. The second kappa shape index (κ2) is 10.4. The van der Waals surface area contributed by atoms with E-state index in [1.54, 1.807) is 10.4 Å². The van der Waals surface area contributed by atoms with Crippen LogP contribution in [0.5, 0.6) is 0 Å². The number of hydrogen-bond acceptors (Lipinski definition) is 6. The van der Waals surface area contributed by atoms with E-state index in [4.69, 9.17) is 9.97 Å². The van der Waals surface area contributed by atoms with Gasteiger partial charge in [-0.1, -0.05) is 50.6 Å². The monoisotopic (exact) mass is 510 g/mol. The molecule has 0 spiro atoms. The highest BCUT2D eigenvalue weighted by atomic mass is 32.2. The molecule has 5 rings (SSSR count). The smallest absolute Gasteiger partial charge is 0.236 e. The molecule has 0 amide bonds. The molecule has 0 radical (unpaired) electrons. The molecule has 3 heterocycles. The van der Waals surface area contributed by atoms with Gasteiger partial charge in [0.15, 0.2) is 0 Å². The zero-order valence-corrected chi connectivity index (χ0v) is 22.2. The van der Waals surface area contributed by atoms with Gasteiger partial charge >= 0.3 is 0 Å². The molecule has 35 heavy (non-hydrogen) atoms. The van der Waals surface area contributed by atoms with E-state index in [9.17, 15) is 8.42 Å². The van der Waals surface area contributed by atoms with Gasteiger partial charge in [0.2, 0.25) is 10.0 Å². The number of sulfonamides is 1. The highest BCUT2D eigenvalue weighted by molar-refractivity contribution is 7.92. The number of thiophene rings is 1. The maximum absolute atomic E-state index is 13.0. The number of rotatable bonds is 7. The van der Waals surface area contributed by atoms with E-state index >= 15 is 0 Å². The van der Waals surface area contributed by atoms with E-state index in [1.165, 1.54) is 27.7 Å². The molecule has 1 aliphatic heterocycles. The van der Waals surface area contributed by atoms with Crippen LogP contribution < -0.4 is 4.90 Å². The maximum Gasteiger partial charge on any atom is 0.236 e. The fourth-order valence-corrected chi connectivity index (χ4v) is 7.58. The minimum Gasteiger partial charge on any atom is -0.353 e. The van der Waals surface area contributed by atoms with Gasteiger partial charge < -0.3 is 4.90 Å². The first-order valence-corrected chi connectivity index (χ1v) is 15.1.